The first-order chi connectivity index (χ1) is 10.2. The predicted octanol–water partition coefficient (Wildman–Crippen LogP) is 1.95. The number of piperidine rings is 1. The number of aromatic nitrogens is 1. The zero-order chi connectivity index (χ0) is 14.8. The molecule has 1 aliphatic heterocycles. The van der Waals surface area contributed by atoms with Crippen LogP contribution in [0.5, 0.6) is 5.75 Å². The molecule has 3 rings (SSSR count). The van der Waals surface area contributed by atoms with Crippen LogP contribution in [0.3, 0.4) is 0 Å². The third-order valence-electron chi connectivity index (χ3n) is 4.19. The maximum absolute atomic E-state index is 11.3. The molecule has 1 fully saturated rings. The second-order valence-electron chi connectivity index (χ2n) is 5.38. The summed E-state index contributed by atoms with van der Waals surface area (Å²) >= 11 is 0. The fourth-order valence-electron chi connectivity index (χ4n) is 3.01. The molecule has 1 aromatic heterocycles. The zero-order valence-electron chi connectivity index (χ0n) is 12.1. The van der Waals surface area contributed by atoms with Crippen molar-refractivity contribution in [3.8, 4) is 5.75 Å². The minimum Gasteiger partial charge on any atom is -0.495 e. The van der Waals surface area contributed by atoms with E-state index in [0.717, 1.165) is 48.1 Å². The monoisotopic (exact) mass is 285 g/mol. The Morgan fingerprint density at radius 3 is 2.76 bits per heavy atom. The molecule has 2 aromatic rings. The molecular weight excluding hydrogens is 266 g/mol. The first-order valence-corrected chi connectivity index (χ1v) is 7.15. The number of anilines is 1. The quantitative estimate of drug-likeness (QED) is 0.936. The van der Waals surface area contributed by atoms with E-state index in [4.69, 9.17) is 10.5 Å². The van der Waals surface area contributed by atoms with Gasteiger partial charge < -0.3 is 15.4 Å². The van der Waals surface area contributed by atoms with Gasteiger partial charge >= 0.3 is 0 Å². The number of rotatable bonds is 3. The van der Waals surface area contributed by atoms with Crippen LogP contribution >= 0.6 is 0 Å². The summed E-state index contributed by atoms with van der Waals surface area (Å²) in [5.74, 6) is 0.652. The number of pyridine rings is 1. The van der Waals surface area contributed by atoms with Crippen LogP contribution in [0.1, 0.15) is 12.8 Å². The average Bonchev–Trinajstić information content (AvgIpc) is 2.53. The van der Waals surface area contributed by atoms with Crippen molar-refractivity contribution in [3.05, 3.63) is 30.6 Å². The maximum Gasteiger partial charge on any atom is 0.220 e. The number of hydrogen-bond acceptors (Lipinski definition) is 4. The maximum atomic E-state index is 11.3. The molecule has 0 unspecified atom stereocenters. The summed E-state index contributed by atoms with van der Waals surface area (Å²) in [6, 6.07) is 5.99. The van der Waals surface area contributed by atoms with Crippen molar-refractivity contribution < 1.29 is 9.53 Å². The standard InChI is InChI=1S/C16H19N3O2/c1-21-14-3-2-12-10-18-7-4-13(12)15(14)19-8-5-11(6-9-19)16(17)20/h2-4,7,10-11H,5-6,8-9H2,1H3,(H2,17,20). The Morgan fingerprint density at radius 2 is 2.10 bits per heavy atom. The minimum atomic E-state index is -0.191. The van der Waals surface area contributed by atoms with E-state index in [2.05, 4.69) is 9.88 Å². The molecule has 1 amide bonds. The van der Waals surface area contributed by atoms with Crippen molar-refractivity contribution in [2.75, 3.05) is 25.1 Å². The van der Waals surface area contributed by atoms with Crippen LogP contribution in [0.25, 0.3) is 10.8 Å². The van der Waals surface area contributed by atoms with E-state index in [-0.39, 0.29) is 11.8 Å². The minimum absolute atomic E-state index is 0.0103. The summed E-state index contributed by atoms with van der Waals surface area (Å²) in [6.45, 7) is 1.62. The lowest BCUT2D eigenvalue weighted by Gasteiger charge is -2.34. The molecule has 2 N–H and O–H groups in total. The number of hydrogen-bond donors (Lipinski definition) is 1. The van der Waals surface area contributed by atoms with E-state index < -0.39 is 0 Å². The van der Waals surface area contributed by atoms with E-state index in [9.17, 15) is 4.79 Å². The van der Waals surface area contributed by atoms with E-state index in [0.29, 0.717) is 0 Å². The molecule has 0 spiro atoms. The molecule has 110 valence electrons. The number of primary amides is 1. The van der Waals surface area contributed by atoms with Gasteiger partial charge in [0.05, 0.1) is 12.8 Å². The molecule has 21 heavy (non-hydrogen) atoms. The van der Waals surface area contributed by atoms with Crippen molar-refractivity contribution in [1.29, 1.82) is 0 Å². The smallest absolute Gasteiger partial charge is 0.220 e. The fraction of sp³-hybridized carbons (Fsp3) is 0.375. The molecule has 1 aliphatic rings. The summed E-state index contributed by atoms with van der Waals surface area (Å²) in [6.07, 6.45) is 5.23. The molecule has 0 bridgehead atoms. The Labute approximate surface area is 123 Å². The molecule has 1 aromatic carbocycles. The highest BCUT2D eigenvalue weighted by atomic mass is 16.5. The third-order valence-corrected chi connectivity index (χ3v) is 4.19. The van der Waals surface area contributed by atoms with E-state index in [1.165, 1.54) is 0 Å². The SMILES string of the molecule is COc1ccc2cnccc2c1N1CCC(C(N)=O)CC1. The fourth-order valence-corrected chi connectivity index (χ4v) is 3.01. The van der Waals surface area contributed by atoms with Crippen molar-refractivity contribution in [1.82, 2.24) is 4.98 Å². The highest BCUT2D eigenvalue weighted by Gasteiger charge is 2.25. The Balaban J connectivity index is 1.98. The number of ether oxygens (including phenoxy) is 1. The Morgan fingerprint density at radius 1 is 1.33 bits per heavy atom. The van der Waals surface area contributed by atoms with Gasteiger partial charge in [-0.3, -0.25) is 9.78 Å². The summed E-state index contributed by atoms with van der Waals surface area (Å²) in [7, 11) is 1.68. The largest absolute Gasteiger partial charge is 0.495 e. The van der Waals surface area contributed by atoms with Crippen molar-refractivity contribution in [2.24, 2.45) is 11.7 Å². The van der Waals surface area contributed by atoms with Crippen LogP contribution in [0, 0.1) is 5.92 Å². The van der Waals surface area contributed by atoms with Gasteiger partial charge in [0.25, 0.3) is 0 Å². The number of amides is 1. The number of methoxy groups -OCH3 is 1. The number of carbonyl (C=O) groups is 1. The van der Waals surface area contributed by atoms with Crippen LogP contribution in [0.4, 0.5) is 5.69 Å². The van der Waals surface area contributed by atoms with E-state index >= 15 is 0 Å². The van der Waals surface area contributed by atoms with Crippen molar-refractivity contribution in [2.45, 2.75) is 12.8 Å². The van der Waals surface area contributed by atoms with Gasteiger partial charge in [-0.05, 0) is 31.0 Å². The summed E-state index contributed by atoms with van der Waals surface area (Å²) in [4.78, 5) is 17.8. The highest BCUT2D eigenvalue weighted by molar-refractivity contribution is 5.97. The van der Waals surface area contributed by atoms with Crippen LogP contribution in [0.15, 0.2) is 30.6 Å². The lowest BCUT2D eigenvalue weighted by atomic mass is 9.95. The van der Waals surface area contributed by atoms with Crippen LogP contribution in [0.2, 0.25) is 0 Å². The summed E-state index contributed by atoms with van der Waals surface area (Å²) in [5.41, 5.74) is 6.49. The van der Waals surface area contributed by atoms with Gasteiger partial charge in [0, 0.05) is 42.2 Å². The second-order valence-corrected chi connectivity index (χ2v) is 5.38. The predicted molar refractivity (Wildman–Crippen MR) is 82.4 cm³/mol. The van der Waals surface area contributed by atoms with E-state index in [1.807, 2.05) is 24.4 Å². The molecule has 2 heterocycles. The highest BCUT2D eigenvalue weighted by Crippen LogP contribution is 2.37. The number of nitrogens with two attached hydrogens (primary N) is 1. The normalized spacial score (nSPS) is 16.1. The molecule has 0 saturated carbocycles. The molecule has 5 nitrogen and oxygen atoms in total. The van der Waals surface area contributed by atoms with Gasteiger partial charge in [0.2, 0.25) is 5.91 Å². The van der Waals surface area contributed by atoms with Gasteiger partial charge in [0.15, 0.2) is 0 Å². The van der Waals surface area contributed by atoms with Gasteiger partial charge in [-0.1, -0.05) is 0 Å². The van der Waals surface area contributed by atoms with Gasteiger partial charge in [0.1, 0.15) is 5.75 Å². The van der Waals surface area contributed by atoms with Crippen LogP contribution in [-0.2, 0) is 4.79 Å². The van der Waals surface area contributed by atoms with Crippen LogP contribution < -0.4 is 15.4 Å². The lowest BCUT2D eigenvalue weighted by Crippen LogP contribution is -2.38. The third kappa shape index (κ3) is 2.51. The topological polar surface area (TPSA) is 68.4 Å². The molecule has 0 atom stereocenters. The molecular formula is C16H19N3O2. The van der Waals surface area contributed by atoms with Gasteiger partial charge in [-0.15, -0.1) is 0 Å². The molecule has 5 heteroatoms. The summed E-state index contributed by atoms with van der Waals surface area (Å²) in [5, 5.41) is 2.21. The molecule has 0 aliphatic carbocycles. The van der Waals surface area contributed by atoms with Gasteiger partial charge in [-0.2, -0.15) is 0 Å². The first kappa shape index (κ1) is 13.7. The first-order valence-electron chi connectivity index (χ1n) is 7.15. The lowest BCUT2D eigenvalue weighted by molar-refractivity contribution is -0.122. The second kappa shape index (κ2) is 5.60. The van der Waals surface area contributed by atoms with Crippen molar-refractivity contribution in [3.63, 3.8) is 0 Å². The molecule has 0 radical (unpaired) electrons. The number of carbonyl (C=O) groups excluding carboxylic acids is 1. The number of nitrogens with zero attached hydrogens (tertiary/aromatic N) is 2. The Hall–Kier alpha value is -2.30. The molecule has 1 saturated heterocycles. The van der Waals surface area contributed by atoms with Crippen LogP contribution in [-0.4, -0.2) is 31.1 Å². The van der Waals surface area contributed by atoms with Crippen molar-refractivity contribution >= 4 is 22.4 Å². The Kier molecular flexibility index (Phi) is 3.64. The average molecular weight is 285 g/mol. The van der Waals surface area contributed by atoms with Gasteiger partial charge in [-0.25, -0.2) is 0 Å². The summed E-state index contributed by atoms with van der Waals surface area (Å²) < 4.78 is 5.53. The number of fused-ring (bicyclic) bond motifs is 1. The number of benzene rings is 1. The van der Waals surface area contributed by atoms with E-state index in [1.54, 1.807) is 13.3 Å². The zero-order valence-corrected chi connectivity index (χ0v) is 12.1. The Bertz CT molecular complexity index is 664.